The highest BCUT2D eigenvalue weighted by molar-refractivity contribution is 5.82. The monoisotopic (exact) mass is 278 g/mol. The van der Waals surface area contributed by atoms with Gasteiger partial charge in [-0.25, -0.2) is 0 Å². The first-order chi connectivity index (χ1) is 9.29. The standard InChI is InChI=1S/C16H26N2O2/c1-6-13(11-7-9-12(20-5)10-8-11)18-15(19)14(17)16(2,3)4/h7-10,13-14H,6,17H2,1-5H3,(H,18,19). The number of nitrogens with two attached hydrogens (primary N) is 1. The number of amides is 1. The highest BCUT2D eigenvalue weighted by Crippen LogP contribution is 2.22. The van der Waals surface area contributed by atoms with Crippen LogP contribution in [-0.2, 0) is 4.79 Å². The van der Waals surface area contributed by atoms with Crippen molar-refractivity contribution in [2.24, 2.45) is 11.1 Å². The Labute approximate surface area is 121 Å². The molecule has 1 aromatic carbocycles. The van der Waals surface area contributed by atoms with Crippen molar-refractivity contribution in [2.45, 2.75) is 46.2 Å². The molecule has 0 saturated carbocycles. The van der Waals surface area contributed by atoms with E-state index in [9.17, 15) is 4.79 Å². The lowest BCUT2D eigenvalue weighted by atomic mass is 9.86. The number of benzene rings is 1. The van der Waals surface area contributed by atoms with E-state index in [-0.39, 0.29) is 17.4 Å². The molecule has 0 aliphatic rings. The van der Waals surface area contributed by atoms with Crippen molar-refractivity contribution in [2.75, 3.05) is 7.11 Å². The summed E-state index contributed by atoms with van der Waals surface area (Å²) in [5, 5.41) is 3.02. The molecule has 2 unspecified atom stereocenters. The fraction of sp³-hybridized carbons (Fsp3) is 0.562. The van der Waals surface area contributed by atoms with E-state index in [0.29, 0.717) is 0 Å². The van der Waals surface area contributed by atoms with Crippen LogP contribution in [0.2, 0.25) is 0 Å². The number of hydrogen-bond donors (Lipinski definition) is 2. The van der Waals surface area contributed by atoms with E-state index >= 15 is 0 Å². The molecule has 0 spiro atoms. The van der Waals surface area contributed by atoms with Gasteiger partial charge >= 0.3 is 0 Å². The maximum absolute atomic E-state index is 12.2. The molecule has 2 atom stereocenters. The molecule has 4 heteroatoms. The lowest BCUT2D eigenvalue weighted by molar-refractivity contribution is -0.125. The minimum atomic E-state index is -0.519. The van der Waals surface area contributed by atoms with Gasteiger partial charge < -0.3 is 15.8 Å². The van der Waals surface area contributed by atoms with Gasteiger partial charge in [-0.15, -0.1) is 0 Å². The number of ether oxygens (including phenoxy) is 1. The van der Waals surface area contributed by atoms with E-state index < -0.39 is 6.04 Å². The summed E-state index contributed by atoms with van der Waals surface area (Å²) in [6, 6.07) is 7.18. The van der Waals surface area contributed by atoms with Crippen molar-refractivity contribution in [3.8, 4) is 5.75 Å². The lowest BCUT2D eigenvalue weighted by Gasteiger charge is -2.28. The molecule has 0 aliphatic heterocycles. The summed E-state index contributed by atoms with van der Waals surface area (Å²) in [6.07, 6.45) is 0.814. The van der Waals surface area contributed by atoms with Gasteiger partial charge in [0.15, 0.2) is 0 Å². The van der Waals surface area contributed by atoms with Crippen molar-refractivity contribution in [3.05, 3.63) is 29.8 Å². The van der Waals surface area contributed by atoms with Crippen LogP contribution in [0.25, 0.3) is 0 Å². The van der Waals surface area contributed by atoms with Crippen molar-refractivity contribution >= 4 is 5.91 Å². The first-order valence-corrected chi connectivity index (χ1v) is 6.99. The van der Waals surface area contributed by atoms with E-state index in [2.05, 4.69) is 5.32 Å². The normalized spacial score (nSPS) is 14.5. The van der Waals surface area contributed by atoms with Crippen LogP contribution in [0.15, 0.2) is 24.3 Å². The Morgan fingerprint density at radius 2 is 1.85 bits per heavy atom. The molecule has 0 heterocycles. The second-order valence-electron chi connectivity index (χ2n) is 6.09. The molecule has 0 fully saturated rings. The van der Waals surface area contributed by atoms with Gasteiger partial charge in [0.1, 0.15) is 5.75 Å². The zero-order chi connectivity index (χ0) is 15.3. The minimum absolute atomic E-state index is 0.0261. The maximum atomic E-state index is 12.2. The number of nitrogens with one attached hydrogen (secondary N) is 1. The van der Waals surface area contributed by atoms with Crippen molar-refractivity contribution < 1.29 is 9.53 Å². The number of carbonyl (C=O) groups excluding carboxylic acids is 1. The first kappa shape index (κ1) is 16.5. The highest BCUT2D eigenvalue weighted by atomic mass is 16.5. The third-order valence-electron chi connectivity index (χ3n) is 3.46. The van der Waals surface area contributed by atoms with E-state index in [1.54, 1.807) is 7.11 Å². The van der Waals surface area contributed by atoms with Crippen molar-refractivity contribution in [3.63, 3.8) is 0 Å². The number of hydrogen-bond acceptors (Lipinski definition) is 3. The quantitative estimate of drug-likeness (QED) is 0.870. The molecule has 1 rings (SSSR count). The average Bonchev–Trinajstić information content (AvgIpc) is 2.42. The third-order valence-corrected chi connectivity index (χ3v) is 3.46. The molecule has 0 aliphatic carbocycles. The van der Waals surface area contributed by atoms with Gasteiger partial charge in [-0.1, -0.05) is 39.8 Å². The molecule has 4 nitrogen and oxygen atoms in total. The predicted molar refractivity (Wildman–Crippen MR) is 81.6 cm³/mol. The zero-order valence-electron chi connectivity index (χ0n) is 13.1. The molecular formula is C16H26N2O2. The fourth-order valence-electron chi connectivity index (χ4n) is 1.91. The Balaban J connectivity index is 2.78. The molecule has 1 aromatic rings. The van der Waals surface area contributed by atoms with Crippen LogP contribution < -0.4 is 15.8 Å². The summed E-state index contributed by atoms with van der Waals surface area (Å²) in [5.74, 6) is 0.696. The summed E-state index contributed by atoms with van der Waals surface area (Å²) < 4.78 is 5.14. The average molecular weight is 278 g/mol. The summed E-state index contributed by atoms with van der Waals surface area (Å²) in [5.41, 5.74) is 6.80. The second kappa shape index (κ2) is 6.75. The Morgan fingerprint density at radius 3 is 2.25 bits per heavy atom. The summed E-state index contributed by atoms with van der Waals surface area (Å²) in [7, 11) is 1.64. The van der Waals surface area contributed by atoms with Crippen LogP contribution in [-0.4, -0.2) is 19.1 Å². The Kier molecular flexibility index (Phi) is 5.57. The van der Waals surface area contributed by atoms with Crippen LogP contribution in [0.5, 0.6) is 5.75 Å². The SMILES string of the molecule is CCC(NC(=O)C(N)C(C)(C)C)c1ccc(OC)cc1. The number of methoxy groups -OCH3 is 1. The number of rotatable bonds is 5. The Bertz CT molecular complexity index is 435. The fourth-order valence-corrected chi connectivity index (χ4v) is 1.91. The molecule has 0 radical (unpaired) electrons. The topological polar surface area (TPSA) is 64.4 Å². The van der Waals surface area contributed by atoms with Crippen LogP contribution in [0, 0.1) is 5.41 Å². The van der Waals surface area contributed by atoms with Crippen LogP contribution in [0.1, 0.15) is 45.7 Å². The van der Waals surface area contributed by atoms with Crippen LogP contribution >= 0.6 is 0 Å². The lowest BCUT2D eigenvalue weighted by Crippen LogP contribution is -2.49. The summed E-state index contributed by atoms with van der Waals surface area (Å²) in [4.78, 5) is 12.2. The van der Waals surface area contributed by atoms with Gasteiger partial charge in [0, 0.05) is 0 Å². The zero-order valence-corrected chi connectivity index (χ0v) is 13.1. The Hall–Kier alpha value is -1.55. The first-order valence-electron chi connectivity index (χ1n) is 6.99. The van der Waals surface area contributed by atoms with E-state index in [1.807, 2.05) is 52.0 Å². The molecule has 0 aromatic heterocycles. The third kappa shape index (κ3) is 4.23. The van der Waals surface area contributed by atoms with Gasteiger partial charge in [0.05, 0.1) is 19.2 Å². The van der Waals surface area contributed by atoms with Crippen LogP contribution in [0.4, 0.5) is 0 Å². The summed E-state index contributed by atoms with van der Waals surface area (Å²) in [6.45, 7) is 7.93. The van der Waals surface area contributed by atoms with E-state index in [1.165, 1.54) is 0 Å². The van der Waals surface area contributed by atoms with Gasteiger partial charge in [-0.2, -0.15) is 0 Å². The van der Waals surface area contributed by atoms with Crippen LogP contribution in [0.3, 0.4) is 0 Å². The molecule has 20 heavy (non-hydrogen) atoms. The highest BCUT2D eigenvalue weighted by Gasteiger charge is 2.28. The minimum Gasteiger partial charge on any atom is -0.497 e. The van der Waals surface area contributed by atoms with E-state index in [4.69, 9.17) is 10.5 Å². The maximum Gasteiger partial charge on any atom is 0.237 e. The summed E-state index contributed by atoms with van der Waals surface area (Å²) >= 11 is 0. The Morgan fingerprint density at radius 1 is 1.30 bits per heavy atom. The second-order valence-corrected chi connectivity index (χ2v) is 6.09. The van der Waals surface area contributed by atoms with E-state index in [0.717, 1.165) is 17.7 Å². The van der Waals surface area contributed by atoms with Crippen molar-refractivity contribution in [1.29, 1.82) is 0 Å². The van der Waals surface area contributed by atoms with Crippen molar-refractivity contribution in [1.82, 2.24) is 5.32 Å². The van der Waals surface area contributed by atoms with Gasteiger partial charge in [-0.05, 0) is 29.5 Å². The molecule has 0 bridgehead atoms. The molecule has 3 N–H and O–H groups in total. The van der Waals surface area contributed by atoms with Gasteiger partial charge in [0.2, 0.25) is 5.91 Å². The largest absolute Gasteiger partial charge is 0.497 e. The smallest absolute Gasteiger partial charge is 0.237 e. The molecule has 1 amide bonds. The molecule has 0 saturated heterocycles. The molecular weight excluding hydrogens is 252 g/mol. The van der Waals surface area contributed by atoms with Gasteiger partial charge in [0.25, 0.3) is 0 Å². The predicted octanol–water partition coefficient (Wildman–Crippen LogP) is 2.64. The van der Waals surface area contributed by atoms with Gasteiger partial charge in [-0.3, -0.25) is 4.79 Å². The molecule has 112 valence electrons. The number of carbonyl (C=O) groups is 1.